The van der Waals surface area contributed by atoms with E-state index in [2.05, 4.69) is 29.6 Å². The van der Waals surface area contributed by atoms with E-state index in [9.17, 15) is 19.5 Å². The summed E-state index contributed by atoms with van der Waals surface area (Å²) in [5.74, 6) is -0.289. The molecule has 2 N–H and O–H groups in total. The molecule has 184 valence electrons. The molecule has 1 heterocycles. The fraction of sp³-hybridized carbons (Fsp3) is 0.444. The van der Waals surface area contributed by atoms with Crippen LogP contribution in [0.3, 0.4) is 0 Å². The number of ether oxygens (including phenoxy) is 1. The van der Waals surface area contributed by atoms with Gasteiger partial charge in [0.2, 0.25) is 5.91 Å². The molecule has 2 aliphatic carbocycles. The molecule has 2 aromatic carbocycles. The first-order chi connectivity index (χ1) is 17.0. The minimum absolute atomic E-state index is 0.00232. The molecule has 0 radical (unpaired) electrons. The number of carboxylic acid groups (broad SMARTS) is 1. The van der Waals surface area contributed by atoms with Crippen molar-refractivity contribution >= 4 is 29.7 Å². The standard InChI is InChI=1S/C27H30N2O5S/c30-25(29-16-35-15-24(29)26(31)32)13-17-7-1-6-12-23(17)28-27(33)34-14-22-20-10-4-2-8-18(20)19-9-3-5-11-21(19)22/h2-5,8-11,17,22-24H,1,6-7,12-16H2,(H,28,33)(H,31,32)/t17-,23-,24?/m1/s1. The molecule has 7 nitrogen and oxygen atoms in total. The zero-order valence-electron chi connectivity index (χ0n) is 19.5. The van der Waals surface area contributed by atoms with Crippen molar-refractivity contribution in [1.82, 2.24) is 10.2 Å². The minimum Gasteiger partial charge on any atom is -0.480 e. The first kappa shape index (κ1) is 23.7. The summed E-state index contributed by atoms with van der Waals surface area (Å²) >= 11 is 1.46. The number of hydrogen-bond donors (Lipinski definition) is 2. The Morgan fingerprint density at radius 1 is 1.00 bits per heavy atom. The van der Waals surface area contributed by atoms with Crippen LogP contribution in [0.5, 0.6) is 0 Å². The van der Waals surface area contributed by atoms with Crippen LogP contribution in [-0.4, -0.2) is 58.3 Å². The lowest BCUT2D eigenvalue weighted by molar-refractivity contribution is -0.148. The number of carbonyl (C=O) groups is 3. The summed E-state index contributed by atoms with van der Waals surface area (Å²) < 4.78 is 5.72. The Hall–Kier alpha value is -3.00. The molecule has 1 unspecified atom stereocenters. The first-order valence-corrected chi connectivity index (χ1v) is 13.4. The second-order valence-corrected chi connectivity index (χ2v) is 10.5. The highest BCUT2D eigenvalue weighted by molar-refractivity contribution is 7.99. The predicted molar refractivity (Wildman–Crippen MR) is 134 cm³/mol. The van der Waals surface area contributed by atoms with E-state index in [0.29, 0.717) is 11.6 Å². The number of thioether (sulfide) groups is 1. The summed E-state index contributed by atoms with van der Waals surface area (Å²) in [5.41, 5.74) is 4.70. The van der Waals surface area contributed by atoms with E-state index in [1.54, 1.807) is 0 Å². The maximum atomic E-state index is 12.9. The molecule has 3 atom stereocenters. The van der Waals surface area contributed by atoms with Crippen molar-refractivity contribution in [1.29, 1.82) is 0 Å². The molecule has 8 heteroatoms. The normalized spacial score (nSPS) is 23.4. The van der Waals surface area contributed by atoms with Crippen molar-refractivity contribution in [3.05, 3.63) is 59.7 Å². The topological polar surface area (TPSA) is 95.9 Å². The Morgan fingerprint density at radius 2 is 1.66 bits per heavy atom. The molecule has 1 saturated carbocycles. The van der Waals surface area contributed by atoms with Crippen LogP contribution < -0.4 is 5.32 Å². The Balaban J connectivity index is 1.20. The van der Waals surface area contributed by atoms with E-state index < -0.39 is 18.1 Å². The SMILES string of the molecule is O=C(N[C@@H]1CCCC[C@@H]1CC(=O)N1CSCC1C(=O)O)OCC1c2ccccc2-c2ccccc21. The molecule has 2 fully saturated rings. The van der Waals surface area contributed by atoms with Crippen LogP contribution >= 0.6 is 11.8 Å². The summed E-state index contributed by atoms with van der Waals surface area (Å²) in [7, 11) is 0. The number of rotatable bonds is 6. The van der Waals surface area contributed by atoms with Gasteiger partial charge in [0.05, 0.1) is 5.88 Å². The van der Waals surface area contributed by atoms with E-state index in [1.165, 1.54) is 38.9 Å². The Labute approximate surface area is 209 Å². The molecular weight excluding hydrogens is 464 g/mol. The molecule has 35 heavy (non-hydrogen) atoms. The zero-order chi connectivity index (χ0) is 24.4. The van der Waals surface area contributed by atoms with Gasteiger partial charge in [-0.15, -0.1) is 11.8 Å². The zero-order valence-corrected chi connectivity index (χ0v) is 20.3. The van der Waals surface area contributed by atoms with Crippen molar-refractivity contribution in [3.8, 4) is 11.1 Å². The maximum Gasteiger partial charge on any atom is 0.407 e. The average Bonchev–Trinajstić information content (AvgIpc) is 3.48. The number of nitrogens with zero attached hydrogens (tertiary/aromatic N) is 1. The van der Waals surface area contributed by atoms with Gasteiger partial charge in [0.1, 0.15) is 12.6 Å². The van der Waals surface area contributed by atoms with Crippen molar-refractivity contribution < 1.29 is 24.2 Å². The second kappa shape index (κ2) is 10.3. The highest BCUT2D eigenvalue weighted by Gasteiger charge is 2.37. The summed E-state index contributed by atoms with van der Waals surface area (Å²) in [4.78, 5) is 38.6. The number of nitrogens with one attached hydrogen (secondary N) is 1. The molecule has 2 amide bonds. The number of carbonyl (C=O) groups excluding carboxylic acids is 2. The van der Waals surface area contributed by atoms with Crippen LogP contribution in [0, 0.1) is 5.92 Å². The molecule has 0 bridgehead atoms. The summed E-state index contributed by atoms with van der Waals surface area (Å²) in [6.07, 6.45) is 3.39. The Morgan fingerprint density at radius 3 is 2.34 bits per heavy atom. The Kier molecular flexibility index (Phi) is 7.00. The number of fused-ring (bicyclic) bond motifs is 3. The largest absolute Gasteiger partial charge is 0.480 e. The van der Waals surface area contributed by atoms with E-state index in [-0.39, 0.29) is 36.8 Å². The van der Waals surface area contributed by atoms with Crippen LogP contribution in [0.15, 0.2) is 48.5 Å². The quantitative estimate of drug-likeness (QED) is 0.616. The van der Waals surface area contributed by atoms with Crippen LogP contribution in [0.4, 0.5) is 4.79 Å². The number of alkyl carbamates (subject to hydrolysis) is 1. The fourth-order valence-corrected chi connectivity index (χ4v) is 6.84. The number of carboxylic acids is 1. The van der Waals surface area contributed by atoms with Crippen LogP contribution in [-0.2, 0) is 14.3 Å². The molecule has 2 aromatic rings. The monoisotopic (exact) mass is 494 g/mol. The predicted octanol–water partition coefficient (Wildman–Crippen LogP) is 4.46. The van der Waals surface area contributed by atoms with Gasteiger partial charge in [0.25, 0.3) is 0 Å². The lowest BCUT2D eigenvalue weighted by Gasteiger charge is -2.33. The van der Waals surface area contributed by atoms with Gasteiger partial charge in [-0.25, -0.2) is 9.59 Å². The molecule has 5 rings (SSSR count). The number of amides is 2. The van der Waals surface area contributed by atoms with Crippen molar-refractivity contribution in [2.45, 2.75) is 50.1 Å². The van der Waals surface area contributed by atoms with Gasteiger partial charge in [-0.3, -0.25) is 4.79 Å². The highest BCUT2D eigenvalue weighted by atomic mass is 32.2. The molecule has 3 aliphatic rings. The Bertz CT molecular complexity index is 1080. The lowest BCUT2D eigenvalue weighted by Crippen LogP contribution is -2.46. The van der Waals surface area contributed by atoms with Crippen LogP contribution in [0.2, 0.25) is 0 Å². The molecule has 1 saturated heterocycles. The van der Waals surface area contributed by atoms with E-state index in [1.807, 2.05) is 24.3 Å². The van der Waals surface area contributed by atoms with Crippen LogP contribution in [0.1, 0.15) is 49.1 Å². The van der Waals surface area contributed by atoms with Crippen molar-refractivity contribution in [2.24, 2.45) is 5.92 Å². The first-order valence-electron chi connectivity index (χ1n) is 12.2. The van der Waals surface area contributed by atoms with E-state index >= 15 is 0 Å². The van der Waals surface area contributed by atoms with Crippen molar-refractivity contribution in [3.63, 3.8) is 0 Å². The molecular formula is C27H30N2O5S. The number of benzene rings is 2. The lowest BCUT2D eigenvalue weighted by atomic mass is 9.82. The fourth-order valence-electron chi connectivity index (χ4n) is 5.67. The summed E-state index contributed by atoms with van der Waals surface area (Å²) in [6, 6.07) is 15.5. The number of hydrogen-bond acceptors (Lipinski definition) is 5. The van der Waals surface area contributed by atoms with E-state index in [0.717, 1.165) is 25.7 Å². The second-order valence-electron chi connectivity index (χ2n) is 9.54. The maximum absolute atomic E-state index is 12.9. The van der Waals surface area contributed by atoms with Gasteiger partial charge in [-0.05, 0) is 41.0 Å². The van der Waals surface area contributed by atoms with Gasteiger partial charge in [-0.2, -0.15) is 0 Å². The molecule has 0 spiro atoms. The third-order valence-corrected chi connectivity index (χ3v) is 8.49. The smallest absolute Gasteiger partial charge is 0.407 e. The third kappa shape index (κ3) is 4.89. The van der Waals surface area contributed by atoms with Gasteiger partial charge in [0, 0.05) is 24.1 Å². The van der Waals surface area contributed by atoms with Crippen LogP contribution in [0.25, 0.3) is 11.1 Å². The highest BCUT2D eigenvalue weighted by Crippen LogP contribution is 2.44. The van der Waals surface area contributed by atoms with Gasteiger partial charge < -0.3 is 20.1 Å². The third-order valence-electron chi connectivity index (χ3n) is 7.48. The minimum atomic E-state index is -0.958. The van der Waals surface area contributed by atoms with Gasteiger partial charge in [-0.1, -0.05) is 61.4 Å². The van der Waals surface area contributed by atoms with E-state index in [4.69, 9.17) is 4.74 Å². The molecule has 1 aliphatic heterocycles. The summed E-state index contributed by atoms with van der Waals surface area (Å²) in [5, 5.41) is 12.4. The van der Waals surface area contributed by atoms with Crippen molar-refractivity contribution in [2.75, 3.05) is 18.2 Å². The van der Waals surface area contributed by atoms with Gasteiger partial charge in [0.15, 0.2) is 0 Å². The number of aliphatic carboxylic acids is 1. The summed E-state index contributed by atoms with van der Waals surface area (Å²) in [6.45, 7) is 0.251. The van der Waals surface area contributed by atoms with Gasteiger partial charge >= 0.3 is 12.1 Å². The average molecular weight is 495 g/mol. The molecule has 0 aromatic heterocycles.